The molecule has 0 atom stereocenters. The van der Waals surface area contributed by atoms with Crippen LogP contribution in [-0.4, -0.2) is 70.3 Å². The van der Waals surface area contributed by atoms with E-state index in [0.29, 0.717) is 60.0 Å². The monoisotopic (exact) mass is 617 g/mol. The van der Waals surface area contributed by atoms with Crippen LogP contribution in [0.25, 0.3) is 22.2 Å². The summed E-state index contributed by atoms with van der Waals surface area (Å²) in [5, 5.41) is 7.32. The van der Waals surface area contributed by atoms with Gasteiger partial charge in [0.1, 0.15) is 11.4 Å². The van der Waals surface area contributed by atoms with Gasteiger partial charge in [0.15, 0.2) is 0 Å². The van der Waals surface area contributed by atoms with Crippen LogP contribution in [0.15, 0.2) is 61.4 Å². The highest BCUT2D eigenvalue weighted by atomic mass is 35.5. The van der Waals surface area contributed by atoms with Gasteiger partial charge in [0, 0.05) is 61.7 Å². The molecule has 2 aromatic heterocycles. The van der Waals surface area contributed by atoms with Crippen molar-refractivity contribution >= 4 is 57.5 Å². The van der Waals surface area contributed by atoms with E-state index in [1.807, 2.05) is 38.6 Å². The number of aromatic nitrogens is 3. The van der Waals surface area contributed by atoms with Crippen molar-refractivity contribution in [2.45, 2.75) is 26.4 Å². The highest BCUT2D eigenvalue weighted by molar-refractivity contribution is 6.33. The van der Waals surface area contributed by atoms with E-state index in [9.17, 15) is 9.59 Å². The molecule has 1 saturated heterocycles. The number of benzene rings is 2. The van der Waals surface area contributed by atoms with Gasteiger partial charge < -0.3 is 34.5 Å². The van der Waals surface area contributed by atoms with E-state index in [-0.39, 0.29) is 12.0 Å². The van der Waals surface area contributed by atoms with Gasteiger partial charge in [-0.1, -0.05) is 24.2 Å². The number of piperazine rings is 1. The molecule has 0 radical (unpaired) electrons. The van der Waals surface area contributed by atoms with Gasteiger partial charge >= 0.3 is 6.09 Å². The van der Waals surface area contributed by atoms with Crippen LogP contribution in [-0.2, 0) is 16.6 Å². The van der Waals surface area contributed by atoms with Crippen molar-refractivity contribution in [3.05, 3.63) is 66.5 Å². The fourth-order valence-electron chi connectivity index (χ4n) is 5.04. The van der Waals surface area contributed by atoms with Crippen molar-refractivity contribution in [2.75, 3.05) is 48.8 Å². The number of amides is 2. The molecule has 0 unspecified atom stereocenters. The quantitative estimate of drug-likeness (QED) is 0.235. The summed E-state index contributed by atoms with van der Waals surface area (Å²) in [7, 11) is 3.54. The molecule has 12 heteroatoms. The van der Waals surface area contributed by atoms with Crippen molar-refractivity contribution in [1.82, 2.24) is 19.4 Å². The number of fused-ring (bicyclic) bond motifs is 1. The van der Waals surface area contributed by atoms with Crippen LogP contribution in [0.5, 0.6) is 5.75 Å². The molecule has 0 spiro atoms. The van der Waals surface area contributed by atoms with E-state index in [0.717, 1.165) is 22.2 Å². The van der Waals surface area contributed by atoms with Gasteiger partial charge in [-0.15, -0.1) is 0 Å². The van der Waals surface area contributed by atoms with Crippen LogP contribution in [0.3, 0.4) is 0 Å². The number of nitrogens with one attached hydrogen (secondary N) is 2. The Bertz CT molecular complexity index is 1720. The van der Waals surface area contributed by atoms with Crippen LogP contribution >= 0.6 is 11.6 Å². The lowest BCUT2D eigenvalue weighted by atomic mass is 10.1. The molecule has 1 fully saturated rings. The van der Waals surface area contributed by atoms with Crippen LogP contribution in [0.1, 0.15) is 20.8 Å². The summed E-state index contributed by atoms with van der Waals surface area (Å²) in [6, 6.07) is 11.5. The molecular formula is C32H36ClN7O4. The minimum atomic E-state index is -0.519. The molecule has 1 aliphatic heterocycles. The Labute approximate surface area is 261 Å². The SMILES string of the molecule is C=CC(=O)Nc1ccc(OC)c(Nc2ncc(Cl)c(-c3cn(C)c4cc(N5CCN(C(=O)OC(C)(C)C)CC5)ccc34)n2)c1. The number of carbonyl (C=O) groups is 2. The summed E-state index contributed by atoms with van der Waals surface area (Å²) < 4.78 is 13.1. The number of halogens is 1. The first kappa shape index (κ1) is 30.7. The molecule has 0 bridgehead atoms. The average Bonchev–Trinajstić information content (AvgIpc) is 3.32. The zero-order chi connectivity index (χ0) is 31.6. The maximum absolute atomic E-state index is 12.5. The third-order valence-corrected chi connectivity index (χ3v) is 7.45. The van der Waals surface area contributed by atoms with E-state index in [1.165, 1.54) is 6.08 Å². The first-order valence-electron chi connectivity index (χ1n) is 14.2. The van der Waals surface area contributed by atoms with Gasteiger partial charge in [-0.2, -0.15) is 0 Å². The van der Waals surface area contributed by atoms with Gasteiger partial charge in [-0.25, -0.2) is 14.8 Å². The Balaban J connectivity index is 1.38. The van der Waals surface area contributed by atoms with E-state index in [2.05, 4.69) is 45.3 Å². The van der Waals surface area contributed by atoms with Gasteiger partial charge in [0.2, 0.25) is 11.9 Å². The van der Waals surface area contributed by atoms with Crippen LogP contribution in [0.2, 0.25) is 5.02 Å². The van der Waals surface area contributed by atoms with Crippen LogP contribution in [0.4, 0.5) is 27.8 Å². The lowest BCUT2D eigenvalue weighted by molar-refractivity contribution is -0.111. The fourth-order valence-corrected chi connectivity index (χ4v) is 5.24. The number of hydrogen-bond acceptors (Lipinski definition) is 8. The Kier molecular flexibility index (Phi) is 8.68. The molecular weight excluding hydrogens is 582 g/mol. The number of carbonyl (C=O) groups excluding carboxylic acids is 2. The zero-order valence-electron chi connectivity index (χ0n) is 25.5. The zero-order valence-corrected chi connectivity index (χ0v) is 26.2. The van der Waals surface area contributed by atoms with E-state index in [1.54, 1.807) is 36.4 Å². The lowest BCUT2D eigenvalue weighted by Crippen LogP contribution is -2.50. The topological polar surface area (TPSA) is 114 Å². The van der Waals surface area contributed by atoms with Crippen molar-refractivity contribution in [3.63, 3.8) is 0 Å². The molecule has 2 N–H and O–H groups in total. The van der Waals surface area contributed by atoms with Gasteiger partial charge in [-0.05, 0) is 57.2 Å². The molecule has 5 rings (SSSR count). The standard InChI is InChI=1S/C32H36ClN7O4/c1-7-28(41)35-20-8-11-27(43-6)25(16-20)36-30-34-18-24(33)29(37-30)23-19-38(5)26-17-21(9-10-22(23)26)39-12-14-40(15-13-39)31(42)44-32(2,3)4/h7-11,16-19H,1,12-15H2,2-6H3,(H,35,41)(H,34,36,37). The first-order chi connectivity index (χ1) is 21.0. The average molecular weight is 618 g/mol. The van der Waals surface area contributed by atoms with E-state index >= 15 is 0 Å². The predicted octanol–water partition coefficient (Wildman–Crippen LogP) is 6.22. The Morgan fingerprint density at radius 1 is 1.09 bits per heavy atom. The summed E-state index contributed by atoms with van der Waals surface area (Å²) in [5.74, 6) is 0.533. The van der Waals surface area contributed by atoms with Gasteiger partial charge in [-0.3, -0.25) is 4.79 Å². The largest absolute Gasteiger partial charge is 0.495 e. The maximum Gasteiger partial charge on any atom is 0.410 e. The summed E-state index contributed by atoms with van der Waals surface area (Å²) in [6.45, 7) is 11.7. The maximum atomic E-state index is 12.5. The highest BCUT2D eigenvalue weighted by Crippen LogP contribution is 2.37. The number of nitrogens with zero attached hydrogens (tertiary/aromatic N) is 5. The number of rotatable bonds is 7. The van der Waals surface area contributed by atoms with Crippen LogP contribution in [0, 0.1) is 0 Å². The summed E-state index contributed by atoms with van der Waals surface area (Å²) in [4.78, 5) is 37.5. The van der Waals surface area contributed by atoms with Crippen molar-refractivity contribution in [2.24, 2.45) is 7.05 Å². The minimum Gasteiger partial charge on any atom is -0.495 e. The smallest absolute Gasteiger partial charge is 0.410 e. The Morgan fingerprint density at radius 3 is 2.52 bits per heavy atom. The van der Waals surface area contributed by atoms with Gasteiger partial charge in [0.05, 0.1) is 35.2 Å². The number of anilines is 4. The van der Waals surface area contributed by atoms with Crippen LogP contribution < -0.4 is 20.3 Å². The Hall–Kier alpha value is -4.77. The summed E-state index contributed by atoms with van der Waals surface area (Å²) in [5.41, 5.74) is 4.13. The second-order valence-corrected chi connectivity index (χ2v) is 11.8. The summed E-state index contributed by atoms with van der Waals surface area (Å²) >= 11 is 6.64. The summed E-state index contributed by atoms with van der Waals surface area (Å²) in [6.07, 6.45) is 4.48. The molecule has 11 nitrogen and oxygen atoms in total. The minimum absolute atomic E-state index is 0.277. The number of aryl methyl sites for hydroxylation is 1. The molecule has 230 valence electrons. The molecule has 44 heavy (non-hydrogen) atoms. The Morgan fingerprint density at radius 2 is 1.84 bits per heavy atom. The van der Waals surface area contributed by atoms with Crippen molar-refractivity contribution in [3.8, 4) is 17.0 Å². The number of methoxy groups -OCH3 is 1. The lowest BCUT2D eigenvalue weighted by Gasteiger charge is -2.36. The normalized spacial score (nSPS) is 13.5. The molecule has 3 heterocycles. The van der Waals surface area contributed by atoms with Crippen molar-refractivity contribution in [1.29, 1.82) is 0 Å². The first-order valence-corrected chi connectivity index (χ1v) is 14.6. The molecule has 0 saturated carbocycles. The molecule has 1 aliphatic rings. The van der Waals surface area contributed by atoms with E-state index in [4.69, 9.17) is 26.1 Å². The number of ether oxygens (including phenoxy) is 2. The molecule has 2 amide bonds. The second kappa shape index (κ2) is 12.5. The van der Waals surface area contributed by atoms with Crippen molar-refractivity contribution < 1.29 is 19.1 Å². The van der Waals surface area contributed by atoms with E-state index < -0.39 is 5.60 Å². The molecule has 4 aromatic rings. The second-order valence-electron chi connectivity index (χ2n) is 11.4. The predicted molar refractivity (Wildman–Crippen MR) is 174 cm³/mol. The molecule has 0 aliphatic carbocycles. The fraction of sp³-hybridized carbons (Fsp3) is 0.312. The molecule has 2 aromatic carbocycles. The highest BCUT2D eigenvalue weighted by Gasteiger charge is 2.26. The third-order valence-electron chi connectivity index (χ3n) is 7.17. The number of hydrogen-bond donors (Lipinski definition) is 2. The van der Waals surface area contributed by atoms with Gasteiger partial charge in [0.25, 0.3) is 0 Å². The third kappa shape index (κ3) is 6.73.